The predicted molar refractivity (Wildman–Crippen MR) is 153 cm³/mol. The molecule has 0 bridgehead atoms. The third-order valence-electron chi connectivity index (χ3n) is 6.33. The van der Waals surface area contributed by atoms with Gasteiger partial charge >= 0.3 is 6.09 Å². The Morgan fingerprint density at radius 1 is 0.923 bits per heavy atom. The van der Waals surface area contributed by atoms with Gasteiger partial charge in [-0.3, -0.25) is 9.59 Å². The predicted octanol–water partition coefficient (Wildman–Crippen LogP) is 5.29. The lowest BCUT2D eigenvalue weighted by Crippen LogP contribution is -2.53. The van der Waals surface area contributed by atoms with E-state index in [1.165, 1.54) is 17.0 Å². The van der Waals surface area contributed by atoms with Crippen LogP contribution in [0.25, 0.3) is 0 Å². The summed E-state index contributed by atoms with van der Waals surface area (Å²) in [5, 5.41) is 15.4. The van der Waals surface area contributed by atoms with Crippen molar-refractivity contribution in [2.45, 2.75) is 91.3 Å². The number of unbranched alkanes of at least 4 members (excludes halogenated alkanes) is 2. The van der Waals surface area contributed by atoms with E-state index in [4.69, 9.17) is 4.74 Å². The summed E-state index contributed by atoms with van der Waals surface area (Å²) in [6, 6.07) is 12.3. The Balaban J connectivity index is 2.43. The van der Waals surface area contributed by atoms with E-state index >= 15 is 0 Å². The zero-order chi connectivity index (χ0) is 29.0. The second-order valence-electron chi connectivity index (χ2n) is 10.7. The first-order valence-corrected chi connectivity index (χ1v) is 13.9. The third kappa shape index (κ3) is 10.3. The topological polar surface area (TPSA) is 108 Å². The lowest BCUT2D eigenvalue weighted by atomic mass is 9.99. The molecule has 0 saturated heterocycles. The molecule has 2 rings (SSSR count). The van der Waals surface area contributed by atoms with E-state index in [1.54, 1.807) is 32.9 Å². The highest BCUT2D eigenvalue weighted by atomic mass is 16.6. The molecule has 0 aromatic heterocycles. The number of hydrogen-bond acceptors (Lipinski definition) is 5. The van der Waals surface area contributed by atoms with Crippen molar-refractivity contribution in [3.05, 3.63) is 65.2 Å². The van der Waals surface area contributed by atoms with Gasteiger partial charge in [-0.2, -0.15) is 0 Å². The van der Waals surface area contributed by atoms with Crippen LogP contribution in [0.1, 0.15) is 83.5 Å². The summed E-state index contributed by atoms with van der Waals surface area (Å²) in [7, 11) is 0. The Bertz CT molecular complexity index is 1060. The third-order valence-corrected chi connectivity index (χ3v) is 6.33. The molecule has 0 fully saturated rings. The molecule has 0 saturated carbocycles. The van der Waals surface area contributed by atoms with E-state index in [0.717, 1.165) is 36.8 Å². The van der Waals surface area contributed by atoms with Crippen LogP contribution in [0.4, 0.5) is 4.79 Å². The second-order valence-corrected chi connectivity index (χ2v) is 10.7. The minimum Gasteiger partial charge on any atom is -0.508 e. The summed E-state index contributed by atoms with van der Waals surface area (Å²) >= 11 is 0. The van der Waals surface area contributed by atoms with Gasteiger partial charge in [0, 0.05) is 19.5 Å². The smallest absolute Gasteiger partial charge is 0.408 e. The van der Waals surface area contributed by atoms with Gasteiger partial charge in [0.2, 0.25) is 11.8 Å². The number of ether oxygens (including phenoxy) is 1. The van der Waals surface area contributed by atoms with Crippen LogP contribution in [0.3, 0.4) is 0 Å². The minimum absolute atomic E-state index is 0.104. The number of hydrogen-bond donors (Lipinski definition) is 3. The average Bonchev–Trinajstić information content (AvgIpc) is 2.89. The van der Waals surface area contributed by atoms with Crippen LogP contribution < -0.4 is 10.6 Å². The number of aromatic hydroxyl groups is 1. The molecule has 3 N–H and O–H groups in total. The van der Waals surface area contributed by atoms with E-state index in [1.807, 2.05) is 31.2 Å². The lowest BCUT2D eigenvalue weighted by molar-refractivity contribution is -0.142. The van der Waals surface area contributed by atoms with Gasteiger partial charge in [0.1, 0.15) is 23.4 Å². The molecular weight excluding hydrogens is 494 g/mol. The lowest BCUT2D eigenvalue weighted by Gasteiger charge is -2.34. The van der Waals surface area contributed by atoms with Crippen molar-refractivity contribution in [2.24, 2.45) is 0 Å². The molecule has 2 aromatic rings. The summed E-state index contributed by atoms with van der Waals surface area (Å²) in [6.07, 6.45) is 3.19. The SMILES string of the molecule is CCCCCNC(=O)C(c1ccc(CC)cc1)N(CC)C(=O)C(Cc1ccc(O)cc1)NC(=O)OC(C)(C)C. The van der Waals surface area contributed by atoms with E-state index < -0.39 is 29.7 Å². The number of nitrogens with zero attached hydrogens (tertiary/aromatic N) is 1. The van der Waals surface area contributed by atoms with Crippen LogP contribution >= 0.6 is 0 Å². The Hall–Kier alpha value is -3.55. The normalized spacial score (nSPS) is 12.8. The van der Waals surface area contributed by atoms with E-state index in [0.29, 0.717) is 12.1 Å². The average molecular weight is 540 g/mol. The highest BCUT2D eigenvalue weighted by molar-refractivity contribution is 5.92. The summed E-state index contributed by atoms with van der Waals surface area (Å²) < 4.78 is 5.44. The Morgan fingerprint density at radius 2 is 1.54 bits per heavy atom. The summed E-state index contributed by atoms with van der Waals surface area (Å²) in [4.78, 5) is 41.9. The molecule has 214 valence electrons. The highest BCUT2D eigenvalue weighted by Gasteiger charge is 2.35. The first-order valence-electron chi connectivity index (χ1n) is 13.9. The first kappa shape index (κ1) is 31.7. The van der Waals surface area contributed by atoms with Gasteiger partial charge in [-0.05, 0) is 69.4 Å². The zero-order valence-electron chi connectivity index (χ0n) is 24.3. The molecule has 2 unspecified atom stereocenters. The number of carbonyl (C=O) groups excluding carboxylic acids is 3. The fourth-order valence-electron chi connectivity index (χ4n) is 4.28. The molecule has 2 atom stereocenters. The zero-order valence-corrected chi connectivity index (χ0v) is 24.3. The van der Waals surface area contributed by atoms with Gasteiger partial charge in [-0.25, -0.2) is 4.79 Å². The number of amides is 3. The molecule has 0 radical (unpaired) electrons. The van der Waals surface area contributed by atoms with Gasteiger partial charge in [0.25, 0.3) is 0 Å². The van der Waals surface area contributed by atoms with Gasteiger partial charge in [0.05, 0.1) is 0 Å². The van der Waals surface area contributed by atoms with Crippen LogP contribution in [-0.2, 0) is 27.2 Å². The molecule has 0 aliphatic heterocycles. The molecule has 39 heavy (non-hydrogen) atoms. The van der Waals surface area contributed by atoms with Crippen molar-refractivity contribution in [3.63, 3.8) is 0 Å². The molecule has 0 heterocycles. The van der Waals surface area contributed by atoms with Gasteiger partial charge in [0.15, 0.2) is 0 Å². The molecule has 8 heteroatoms. The number of nitrogens with one attached hydrogen (secondary N) is 2. The standard InChI is InChI=1S/C31H45N3O5/c1-7-10-11-20-32-28(36)27(24-16-12-22(8-2)13-17-24)34(9-3)29(37)26(33-30(38)39-31(4,5)6)21-23-14-18-25(35)19-15-23/h12-19,26-27,35H,7-11,20-21H2,1-6H3,(H,32,36)(H,33,38). The Labute approximate surface area is 233 Å². The Kier molecular flexibility index (Phi) is 12.3. The van der Waals surface area contributed by atoms with Crippen LogP contribution in [0, 0.1) is 0 Å². The minimum atomic E-state index is -0.991. The summed E-state index contributed by atoms with van der Waals surface area (Å²) in [5.74, 6) is -0.553. The van der Waals surface area contributed by atoms with Crippen LogP contribution in [0.2, 0.25) is 0 Å². The maximum absolute atomic E-state index is 14.1. The van der Waals surface area contributed by atoms with Crippen LogP contribution in [0.15, 0.2) is 48.5 Å². The van der Waals surface area contributed by atoms with E-state index in [9.17, 15) is 19.5 Å². The number of rotatable bonds is 13. The number of alkyl carbamates (subject to hydrolysis) is 1. The molecule has 0 spiro atoms. The molecule has 3 amide bonds. The summed E-state index contributed by atoms with van der Waals surface area (Å²) in [6.45, 7) is 12.0. The van der Waals surface area contributed by atoms with Crippen molar-refractivity contribution < 1.29 is 24.2 Å². The number of phenols is 1. The monoisotopic (exact) mass is 539 g/mol. The van der Waals surface area contributed by atoms with Crippen molar-refractivity contribution >= 4 is 17.9 Å². The molecule has 0 aliphatic rings. The largest absolute Gasteiger partial charge is 0.508 e. The number of likely N-dealkylation sites (N-methyl/N-ethyl adjacent to an activating group) is 1. The van der Waals surface area contributed by atoms with Crippen molar-refractivity contribution in [1.29, 1.82) is 0 Å². The van der Waals surface area contributed by atoms with Crippen LogP contribution in [0.5, 0.6) is 5.75 Å². The van der Waals surface area contributed by atoms with E-state index in [-0.39, 0.29) is 24.6 Å². The second kappa shape index (κ2) is 15.1. The fourth-order valence-corrected chi connectivity index (χ4v) is 4.28. The van der Waals surface area contributed by atoms with Gasteiger partial charge in [-0.15, -0.1) is 0 Å². The maximum Gasteiger partial charge on any atom is 0.408 e. The molecule has 0 aliphatic carbocycles. The number of carbonyl (C=O) groups is 3. The molecule has 8 nitrogen and oxygen atoms in total. The number of aryl methyl sites for hydroxylation is 1. The first-order chi connectivity index (χ1) is 18.5. The summed E-state index contributed by atoms with van der Waals surface area (Å²) in [5.41, 5.74) is 1.83. The van der Waals surface area contributed by atoms with Gasteiger partial charge < -0.3 is 25.4 Å². The van der Waals surface area contributed by atoms with E-state index in [2.05, 4.69) is 24.5 Å². The van der Waals surface area contributed by atoms with Crippen molar-refractivity contribution in [2.75, 3.05) is 13.1 Å². The van der Waals surface area contributed by atoms with Crippen LogP contribution in [-0.4, -0.2) is 52.6 Å². The molecular formula is C31H45N3O5. The number of benzene rings is 2. The highest BCUT2D eigenvalue weighted by Crippen LogP contribution is 2.24. The maximum atomic E-state index is 14.1. The Morgan fingerprint density at radius 3 is 2.08 bits per heavy atom. The number of phenolic OH excluding ortho intramolecular Hbond substituents is 1. The van der Waals surface area contributed by atoms with Gasteiger partial charge in [-0.1, -0.05) is 63.1 Å². The van der Waals surface area contributed by atoms with Crippen molar-refractivity contribution in [1.82, 2.24) is 15.5 Å². The van der Waals surface area contributed by atoms with Crippen molar-refractivity contribution in [3.8, 4) is 5.75 Å². The fraction of sp³-hybridized carbons (Fsp3) is 0.516. The quantitative estimate of drug-likeness (QED) is 0.300. The molecule has 2 aromatic carbocycles.